The molecule has 0 spiro atoms. The Balaban J connectivity index is 1.69. The van der Waals surface area contributed by atoms with E-state index in [0.717, 1.165) is 51.3 Å². The first-order chi connectivity index (χ1) is 9.33. The molecular weight excluding hydrogens is 240 g/mol. The van der Waals surface area contributed by atoms with Gasteiger partial charge in [-0.05, 0) is 36.6 Å². The number of aryl methyl sites for hydroxylation is 1. The SMILES string of the molecule is O=C(CN1CCOCC1)c1ccc2c(c1)CCCN2. The number of anilines is 1. The molecule has 0 radical (unpaired) electrons. The minimum absolute atomic E-state index is 0.218. The van der Waals surface area contributed by atoms with E-state index in [4.69, 9.17) is 4.74 Å². The van der Waals surface area contributed by atoms with Gasteiger partial charge in [0.05, 0.1) is 19.8 Å². The lowest BCUT2D eigenvalue weighted by molar-refractivity contribution is 0.0371. The Hall–Kier alpha value is -1.39. The van der Waals surface area contributed by atoms with Crippen LogP contribution in [0.1, 0.15) is 22.3 Å². The van der Waals surface area contributed by atoms with E-state index in [1.807, 2.05) is 12.1 Å². The summed E-state index contributed by atoms with van der Waals surface area (Å²) < 4.78 is 5.30. The predicted octanol–water partition coefficient (Wildman–Crippen LogP) is 1.56. The van der Waals surface area contributed by atoms with Crippen molar-refractivity contribution in [1.82, 2.24) is 4.90 Å². The van der Waals surface area contributed by atoms with Crippen LogP contribution in [0.25, 0.3) is 0 Å². The van der Waals surface area contributed by atoms with Gasteiger partial charge in [-0.25, -0.2) is 0 Å². The van der Waals surface area contributed by atoms with E-state index in [9.17, 15) is 4.79 Å². The Kier molecular flexibility index (Phi) is 3.80. The largest absolute Gasteiger partial charge is 0.385 e. The summed E-state index contributed by atoms with van der Waals surface area (Å²) in [4.78, 5) is 14.5. The molecule has 1 N–H and O–H groups in total. The molecule has 2 aliphatic heterocycles. The lowest BCUT2D eigenvalue weighted by Gasteiger charge is -2.26. The van der Waals surface area contributed by atoms with Crippen molar-refractivity contribution >= 4 is 11.5 Å². The second kappa shape index (κ2) is 5.72. The molecular formula is C15H20N2O2. The van der Waals surface area contributed by atoms with Gasteiger partial charge in [0.1, 0.15) is 0 Å². The average Bonchev–Trinajstić information content (AvgIpc) is 2.48. The highest BCUT2D eigenvalue weighted by Crippen LogP contribution is 2.23. The van der Waals surface area contributed by atoms with Crippen molar-refractivity contribution in [1.29, 1.82) is 0 Å². The predicted molar refractivity (Wildman–Crippen MR) is 74.8 cm³/mol. The molecule has 0 aromatic heterocycles. The van der Waals surface area contributed by atoms with Gasteiger partial charge < -0.3 is 10.1 Å². The molecule has 4 nitrogen and oxygen atoms in total. The van der Waals surface area contributed by atoms with Gasteiger partial charge in [-0.2, -0.15) is 0 Å². The molecule has 0 bridgehead atoms. The number of benzene rings is 1. The Morgan fingerprint density at radius 2 is 2.16 bits per heavy atom. The number of carbonyl (C=O) groups is 1. The molecule has 0 atom stereocenters. The third-order valence-electron chi connectivity index (χ3n) is 3.84. The van der Waals surface area contributed by atoms with Crippen LogP contribution in [0.5, 0.6) is 0 Å². The first-order valence-electron chi connectivity index (χ1n) is 7.03. The average molecular weight is 260 g/mol. The van der Waals surface area contributed by atoms with Crippen molar-refractivity contribution < 1.29 is 9.53 Å². The number of ether oxygens (including phenoxy) is 1. The summed E-state index contributed by atoms with van der Waals surface area (Å²) in [6.07, 6.45) is 2.22. The molecule has 1 aromatic carbocycles. The van der Waals surface area contributed by atoms with Crippen LogP contribution in [0.2, 0.25) is 0 Å². The maximum Gasteiger partial charge on any atom is 0.176 e. The Bertz CT molecular complexity index is 467. The van der Waals surface area contributed by atoms with E-state index in [-0.39, 0.29) is 5.78 Å². The monoisotopic (exact) mass is 260 g/mol. The summed E-state index contributed by atoms with van der Waals surface area (Å²) in [6, 6.07) is 6.05. The van der Waals surface area contributed by atoms with E-state index in [2.05, 4.69) is 16.3 Å². The Morgan fingerprint density at radius 3 is 3.00 bits per heavy atom. The van der Waals surface area contributed by atoms with Crippen molar-refractivity contribution in [2.75, 3.05) is 44.7 Å². The highest BCUT2D eigenvalue weighted by atomic mass is 16.5. The molecule has 4 heteroatoms. The topological polar surface area (TPSA) is 41.6 Å². The van der Waals surface area contributed by atoms with Gasteiger partial charge in [0.15, 0.2) is 5.78 Å². The van der Waals surface area contributed by atoms with Crippen LogP contribution < -0.4 is 5.32 Å². The van der Waals surface area contributed by atoms with Crippen LogP contribution in [-0.4, -0.2) is 50.1 Å². The summed E-state index contributed by atoms with van der Waals surface area (Å²) in [5.74, 6) is 0.218. The van der Waals surface area contributed by atoms with E-state index < -0.39 is 0 Å². The lowest BCUT2D eigenvalue weighted by Crippen LogP contribution is -2.39. The van der Waals surface area contributed by atoms with Gasteiger partial charge in [0.25, 0.3) is 0 Å². The number of hydrogen-bond acceptors (Lipinski definition) is 4. The van der Waals surface area contributed by atoms with E-state index in [1.165, 1.54) is 11.3 Å². The highest BCUT2D eigenvalue weighted by molar-refractivity contribution is 5.98. The van der Waals surface area contributed by atoms with Crippen LogP contribution in [0.4, 0.5) is 5.69 Å². The maximum absolute atomic E-state index is 12.3. The second-order valence-corrected chi connectivity index (χ2v) is 5.21. The van der Waals surface area contributed by atoms with Crippen molar-refractivity contribution in [2.24, 2.45) is 0 Å². The quantitative estimate of drug-likeness (QED) is 0.837. The zero-order chi connectivity index (χ0) is 13.1. The third-order valence-corrected chi connectivity index (χ3v) is 3.84. The van der Waals surface area contributed by atoms with Crippen LogP contribution >= 0.6 is 0 Å². The Labute approximate surface area is 113 Å². The van der Waals surface area contributed by atoms with Gasteiger partial charge in [-0.3, -0.25) is 9.69 Å². The summed E-state index contributed by atoms with van der Waals surface area (Å²) in [5.41, 5.74) is 3.31. The smallest absolute Gasteiger partial charge is 0.176 e. The number of carbonyl (C=O) groups excluding carboxylic acids is 1. The molecule has 0 amide bonds. The molecule has 19 heavy (non-hydrogen) atoms. The zero-order valence-electron chi connectivity index (χ0n) is 11.2. The van der Waals surface area contributed by atoms with Crippen LogP contribution in [0, 0.1) is 0 Å². The number of nitrogens with zero attached hydrogens (tertiary/aromatic N) is 1. The van der Waals surface area contributed by atoms with Gasteiger partial charge in [0, 0.05) is 30.9 Å². The first kappa shape index (κ1) is 12.6. The molecule has 2 heterocycles. The third kappa shape index (κ3) is 2.96. The Morgan fingerprint density at radius 1 is 1.32 bits per heavy atom. The van der Waals surface area contributed by atoms with E-state index in [1.54, 1.807) is 0 Å². The fraction of sp³-hybridized carbons (Fsp3) is 0.533. The molecule has 0 aliphatic carbocycles. The van der Waals surface area contributed by atoms with Crippen LogP contribution in [-0.2, 0) is 11.2 Å². The number of ketones is 1. The molecule has 1 aromatic rings. The number of nitrogens with one attached hydrogen (secondary N) is 1. The minimum atomic E-state index is 0.218. The fourth-order valence-electron chi connectivity index (χ4n) is 2.70. The molecule has 1 saturated heterocycles. The normalized spacial score (nSPS) is 19.6. The number of rotatable bonds is 3. The van der Waals surface area contributed by atoms with Gasteiger partial charge >= 0.3 is 0 Å². The summed E-state index contributed by atoms with van der Waals surface area (Å²) in [6.45, 7) is 4.74. The second-order valence-electron chi connectivity index (χ2n) is 5.21. The maximum atomic E-state index is 12.3. The number of fused-ring (bicyclic) bond motifs is 1. The molecule has 3 rings (SSSR count). The van der Waals surface area contributed by atoms with E-state index >= 15 is 0 Å². The highest BCUT2D eigenvalue weighted by Gasteiger charge is 2.17. The molecule has 0 unspecified atom stereocenters. The zero-order valence-corrected chi connectivity index (χ0v) is 11.2. The fourth-order valence-corrected chi connectivity index (χ4v) is 2.70. The van der Waals surface area contributed by atoms with Crippen molar-refractivity contribution in [2.45, 2.75) is 12.8 Å². The van der Waals surface area contributed by atoms with Crippen molar-refractivity contribution in [3.05, 3.63) is 29.3 Å². The molecule has 102 valence electrons. The minimum Gasteiger partial charge on any atom is -0.385 e. The number of Topliss-reactive ketones (excluding diaryl/α,β-unsaturated/α-hetero) is 1. The molecule has 2 aliphatic rings. The number of morpholine rings is 1. The van der Waals surface area contributed by atoms with E-state index in [0.29, 0.717) is 6.54 Å². The summed E-state index contributed by atoms with van der Waals surface area (Å²) in [7, 11) is 0. The number of hydrogen-bond donors (Lipinski definition) is 1. The van der Waals surface area contributed by atoms with Gasteiger partial charge in [-0.1, -0.05) is 0 Å². The first-order valence-corrected chi connectivity index (χ1v) is 7.03. The van der Waals surface area contributed by atoms with Crippen molar-refractivity contribution in [3.63, 3.8) is 0 Å². The standard InChI is InChI=1S/C15H20N2O2/c18-15(11-17-6-8-19-9-7-17)13-3-4-14-12(10-13)2-1-5-16-14/h3-4,10,16H,1-2,5-9,11H2. The van der Waals surface area contributed by atoms with Gasteiger partial charge in [0.2, 0.25) is 0 Å². The lowest BCUT2D eigenvalue weighted by atomic mass is 9.99. The molecule has 1 fully saturated rings. The molecule has 0 saturated carbocycles. The van der Waals surface area contributed by atoms with Crippen molar-refractivity contribution in [3.8, 4) is 0 Å². The van der Waals surface area contributed by atoms with Crippen LogP contribution in [0.15, 0.2) is 18.2 Å². The summed E-state index contributed by atoms with van der Waals surface area (Å²) >= 11 is 0. The van der Waals surface area contributed by atoms with Crippen LogP contribution in [0.3, 0.4) is 0 Å². The van der Waals surface area contributed by atoms with Gasteiger partial charge in [-0.15, -0.1) is 0 Å². The summed E-state index contributed by atoms with van der Waals surface area (Å²) in [5, 5.41) is 3.37.